The summed E-state index contributed by atoms with van der Waals surface area (Å²) in [7, 11) is 0. The third kappa shape index (κ3) is 6.20. The van der Waals surface area contributed by atoms with Gasteiger partial charge in [-0.05, 0) is 50.7 Å². The fraction of sp³-hybridized carbons (Fsp3) is 0.346. The Hall–Kier alpha value is -3.77. The van der Waals surface area contributed by atoms with Gasteiger partial charge in [-0.2, -0.15) is 9.61 Å². The van der Waals surface area contributed by atoms with Crippen molar-refractivity contribution in [3.63, 3.8) is 0 Å². The summed E-state index contributed by atoms with van der Waals surface area (Å²) in [5.41, 5.74) is 2.35. The molecule has 38 heavy (non-hydrogen) atoms. The maximum Gasteiger partial charge on any atom is 0.257 e. The maximum atomic E-state index is 12.9. The van der Waals surface area contributed by atoms with E-state index in [4.69, 9.17) is 26.4 Å². The lowest BCUT2D eigenvalue weighted by Crippen LogP contribution is -2.38. The minimum atomic E-state index is -0.377. The van der Waals surface area contributed by atoms with E-state index in [1.165, 1.54) is 11.3 Å². The van der Waals surface area contributed by atoms with Crippen LogP contribution in [0.2, 0.25) is 0 Å². The van der Waals surface area contributed by atoms with E-state index in [0.717, 1.165) is 33.3 Å². The second-order valence-electron chi connectivity index (χ2n) is 8.01. The number of hydrogen-bond acceptors (Lipinski definition) is 9. The SMILES string of the molecule is CCOc1cc(C(=O)NC(=S)NCc2ccc(-c3nn4c(CC)nnc4s3)cc2)cc(OCC)c1OCC. The first-order chi connectivity index (χ1) is 18.5. The molecule has 0 saturated heterocycles. The first-order valence-corrected chi connectivity index (χ1v) is 13.7. The highest BCUT2D eigenvalue weighted by Crippen LogP contribution is 2.39. The van der Waals surface area contributed by atoms with Crippen molar-refractivity contribution in [1.29, 1.82) is 0 Å². The number of amides is 1. The lowest BCUT2D eigenvalue weighted by molar-refractivity contribution is 0.0975. The molecule has 0 unspecified atom stereocenters. The molecule has 0 aliphatic carbocycles. The number of fused-ring (bicyclic) bond motifs is 1. The van der Waals surface area contributed by atoms with Gasteiger partial charge in [0.2, 0.25) is 10.7 Å². The molecule has 0 aliphatic rings. The van der Waals surface area contributed by atoms with Crippen LogP contribution in [0.1, 0.15) is 49.4 Å². The molecule has 0 bridgehead atoms. The molecular weight excluding hydrogens is 524 g/mol. The Morgan fingerprint density at radius 2 is 1.63 bits per heavy atom. The average Bonchev–Trinajstić information content (AvgIpc) is 3.51. The van der Waals surface area contributed by atoms with Crippen molar-refractivity contribution >= 4 is 39.5 Å². The van der Waals surface area contributed by atoms with Crippen molar-refractivity contribution in [1.82, 2.24) is 30.4 Å². The topological polar surface area (TPSA) is 112 Å². The van der Waals surface area contributed by atoms with Crippen LogP contribution in [0.15, 0.2) is 36.4 Å². The standard InChI is InChI=1S/C26H30N6O4S2/c1-5-21-29-30-26-32(21)31-24(38-26)17-11-9-16(10-12-17)15-27-25(37)28-23(33)18-13-19(34-6-2)22(36-8-4)20(14-18)35-7-3/h9-14H,5-8,15H2,1-4H3,(H2,27,28,33,37). The van der Waals surface area contributed by atoms with Crippen LogP contribution in [-0.4, -0.2) is 50.7 Å². The van der Waals surface area contributed by atoms with Crippen LogP contribution in [0.3, 0.4) is 0 Å². The zero-order chi connectivity index (χ0) is 27.1. The van der Waals surface area contributed by atoms with Gasteiger partial charge >= 0.3 is 0 Å². The van der Waals surface area contributed by atoms with Crippen LogP contribution in [0.5, 0.6) is 17.2 Å². The predicted octanol–water partition coefficient (Wildman–Crippen LogP) is 4.42. The predicted molar refractivity (Wildman–Crippen MR) is 150 cm³/mol. The molecule has 0 fully saturated rings. The number of nitrogens with zero attached hydrogens (tertiary/aromatic N) is 4. The molecule has 2 aromatic carbocycles. The highest BCUT2D eigenvalue weighted by atomic mass is 32.1. The number of carbonyl (C=O) groups is 1. The third-order valence-corrected chi connectivity index (χ3v) is 6.62. The van der Waals surface area contributed by atoms with Crippen molar-refractivity contribution < 1.29 is 19.0 Å². The number of rotatable bonds is 11. The smallest absolute Gasteiger partial charge is 0.257 e. The monoisotopic (exact) mass is 554 g/mol. The number of thiocarbonyl (C=S) groups is 1. The van der Waals surface area contributed by atoms with Crippen LogP contribution < -0.4 is 24.8 Å². The summed E-state index contributed by atoms with van der Waals surface area (Å²) < 4.78 is 18.9. The van der Waals surface area contributed by atoms with Gasteiger partial charge in [0.05, 0.1) is 19.8 Å². The quantitative estimate of drug-likeness (QED) is 0.260. The van der Waals surface area contributed by atoms with Gasteiger partial charge in [-0.15, -0.1) is 10.2 Å². The van der Waals surface area contributed by atoms with E-state index in [1.807, 2.05) is 52.0 Å². The minimum Gasteiger partial charge on any atom is -0.490 e. The van der Waals surface area contributed by atoms with Gasteiger partial charge in [0.1, 0.15) is 5.01 Å². The average molecular weight is 555 g/mol. The second-order valence-corrected chi connectivity index (χ2v) is 9.37. The molecule has 10 nitrogen and oxygen atoms in total. The maximum absolute atomic E-state index is 12.9. The van der Waals surface area contributed by atoms with Gasteiger partial charge in [0.15, 0.2) is 22.4 Å². The van der Waals surface area contributed by atoms with E-state index >= 15 is 0 Å². The Morgan fingerprint density at radius 1 is 0.974 bits per heavy atom. The number of hydrogen-bond donors (Lipinski definition) is 2. The number of nitrogens with one attached hydrogen (secondary N) is 2. The van der Waals surface area contributed by atoms with Crippen LogP contribution in [0.25, 0.3) is 15.5 Å². The zero-order valence-electron chi connectivity index (χ0n) is 21.7. The molecule has 0 spiro atoms. The fourth-order valence-electron chi connectivity index (χ4n) is 3.68. The minimum absolute atomic E-state index is 0.213. The highest BCUT2D eigenvalue weighted by molar-refractivity contribution is 7.80. The van der Waals surface area contributed by atoms with E-state index in [0.29, 0.717) is 49.2 Å². The highest BCUT2D eigenvalue weighted by Gasteiger charge is 2.19. The van der Waals surface area contributed by atoms with E-state index in [1.54, 1.807) is 16.6 Å². The molecule has 200 valence electrons. The molecule has 12 heteroatoms. The lowest BCUT2D eigenvalue weighted by Gasteiger charge is -2.17. The van der Waals surface area contributed by atoms with Crippen molar-refractivity contribution in [3.8, 4) is 27.8 Å². The van der Waals surface area contributed by atoms with Gasteiger partial charge in [0, 0.05) is 24.1 Å². The molecule has 2 heterocycles. The normalized spacial score (nSPS) is 10.8. The van der Waals surface area contributed by atoms with Gasteiger partial charge < -0.3 is 19.5 Å². The van der Waals surface area contributed by atoms with Crippen molar-refractivity contribution in [2.45, 2.75) is 40.7 Å². The summed E-state index contributed by atoms with van der Waals surface area (Å²) in [6.45, 7) is 9.36. The molecule has 0 radical (unpaired) electrons. The molecule has 1 amide bonds. The molecule has 4 rings (SSSR count). The van der Waals surface area contributed by atoms with Gasteiger partial charge in [0.25, 0.3) is 5.91 Å². The molecule has 0 atom stereocenters. The molecule has 0 saturated carbocycles. The molecular formula is C26H30N6O4S2. The van der Waals surface area contributed by atoms with E-state index in [9.17, 15) is 4.79 Å². The van der Waals surface area contributed by atoms with E-state index in [-0.39, 0.29) is 11.0 Å². The Balaban J connectivity index is 1.38. The first kappa shape index (κ1) is 27.3. The molecule has 2 N–H and O–H groups in total. The number of benzene rings is 2. The Morgan fingerprint density at radius 3 is 2.24 bits per heavy atom. The summed E-state index contributed by atoms with van der Waals surface area (Å²) in [6, 6.07) is 11.2. The van der Waals surface area contributed by atoms with Crippen LogP contribution >= 0.6 is 23.6 Å². The number of aromatic nitrogens is 4. The lowest BCUT2D eigenvalue weighted by atomic mass is 10.1. The van der Waals surface area contributed by atoms with Crippen LogP contribution in [0.4, 0.5) is 0 Å². The summed E-state index contributed by atoms with van der Waals surface area (Å²) in [5, 5.41) is 19.8. The van der Waals surface area contributed by atoms with Crippen LogP contribution in [-0.2, 0) is 13.0 Å². The molecule has 2 aromatic heterocycles. The second kappa shape index (κ2) is 12.7. The van der Waals surface area contributed by atoms with E-state index < -0.39 is 0 Å². The van der Waals surface area contributed by atoms with Gasteiger partial charge in [-0.3, -0.25) is 10.1 Å². The molecule has 0 aliphatic heterocycles. The third-order valence-electron chi connectivity index (χ3n) is 5.42. The Labute approximate surface area is 230 Å². The van der Waals surface area contributed by atoms with Crippen molar-refractivity contribution in [3.05, 3.63) is 53.3 Å². The summed E-state index contributed by atoms with van der Waals surface area (Å²) in [5.74, 6) is 1.83. The Bertz CT molecular complexity index is 1390. The molecule has 4 aromatic rings. The number of ether oxygens (including phenoxy) is 3. The first-order valence-electron chi connectivity index (χ1n) is 12.4. The summed E-state index contributed by atoms with van der Waals surface area (Å²) >= 11 is 6.86. The fourth-order valence-corrected chi connectivity index (χ4v) is 4.71. The van der Waals surface area contributed by atoms with Gasteiger partial charge in [-0.25, -0.2) is 0 Å². The van der Waals surface area contributed by atoms with Crippen molar-refractivity contribution in [2.75, 3.05) is 19.8 Å². The number of carbonyl (C=O) groups excluding carboxylic acids is 1. The largest absolute Gasteiger partial charge is 0.490 e. The summed E-state index contributed by atoms with van der Waals surface area (Å²) in [4.78, 5) is 13.7. The van der Waals surface area contributed by atoms with Crippen LogP contribution in [0, 0.1) is 0 Å². The van der Waals surface area contributed by atoms with Gasteiger partial charge in [-0.1, -0.05) is 42.5 Å². The van der Waals surface area contributed by atoms with E-state index in [2.05, 4.69) is 25.9 Å². The van der Waals surface area contributed by atoms with Crippen molar-refractivity contribution in [2.24, 2.45) is 0 Å². The zero-order valence-corrected chi connectivity index (χ0v) is 23.4. The summed E-state index contributed by atoms with van der Waals surface area (Å²) in [6.07, 6.45) is 0.769. The Kier molecular flexibility index (Phi) is 9.08. The number of aryl methyl sites for hydroxylation is 1.